The third kappa shape index (κ3) is 1.61. The van der Waals surface area contributed by atoms with Crippen LogP contribution in [0.1, 0.15) is 36.8 Å². The molecule has 0 aliphatic heterocycles. The van der Waals surface area contributed by atoms with Crippen LogP contribution < -0.4 is 0 Å². The Morgan fingerprint density at radius 1 is 1.38 bits per heavy atom. The highest BCUT2D eigenvalue weighted by Crippen LogP contribution is 2.33. The molecule has 1 aliphatic rings. The van der Waals surface area contributed by atoms with Crippen LogP contribution in [0.2, 0.25) is 0 Å². The van der Waals surface area contributed by atoms with E-state index in [1.165, 1.54) is 24.0 Å². The molecule has 0 unspecified atom stereocenters. The average Bonchev–Trinajstić information content (AvgIpc) is 2.17. The van der Waals surface area contributed by atoms with Gasteiger partial charge in [0.1, 0.15) is 0 Å². The van der Waals surface area contributed by atoms with Crippen LogP contribution in [0.15, 0.2) is 24.3 Å². The lowest BCUT2D eigenvalue weighted by molar-refractivity contribution is 0.153. The van der Waals surface area contributed by atoms with Gasteiger partial charge in [0, 0.05) is 5.92 Å². The topological polar surface area (TPSA) is 20.2 Å². The number of benzene rings is 1. The van der Waals surface area contributed by atoms with Gasteiger partial charge in [-0.1, -0.05) is 24.3 Å². The molecule has 13 heavy (non-hydrogen) atoms. The fraction of sp³-hybridized carbons (Fsp3) is 0.500. The molecule has 0 aromatic heterocycles. The number of hydrogen-bond acceptors (Lipinski definition) is 1. The summed E-state index contributed by atoms with van der Waals surface area (Å²) in [5.74, 6) is 0.366. The van der Waals surface area contributed by atoms with Crippen LogP contribution in [0, 0.1) is 0 Å². The van der Waals surface area contributed by atoms with E-state index in [0.717, 1.165) is 6.42 Å². The molecule has 0 heterocycles. The Balaban J connectivity index is 2.37. The Morgan fingerprint density at radius 2 is 2.15 bits per heavy atom. The van der Waals surface area contributed by atoms with E-state index in [4.69, 9.17) is 0 Å². The van der Waals surface area contributed by atoms with Gasteiger partial charge in [-0.2, -0.15) is 0 Å². The predicted octanol–water partition coefficient (Wildman–Crippen LogP) is 2.49. The summed E-state index contributed by atoms with van der Waals surface area (Å²) in [6.45, 7) is 1.90. The normalized spacial score (nSPS) is 23.7. The van der Waals surface area contributed by atoms with Crippen molar-refractivity contribution in [3.8, 4) is 0 Å². The van der Waals surface area contributed by atoms with Crippen molar-refractivity contribution < 1.29 is 5.11 Å². The number of hydrogen-bond donors (Lipinski definition) is 1. The van der Waals surface area contributed by atoms with Crippen LogP contribution in [0.3, 0.4) is 0 Å². The number of aliphatic hydroxyl groups excluding tert-OH is 1. The standard InChI is InChI=1S/C12H16O/c1-9(13)11-8-4-6-10-5-2-3-7-12(10)11/h2-3,5,7,9,11,13H,4,6,8H2,1H3/t9-,11-/m0/s1. The quantitative estimate of drug-likeness (QED) is 0.697. The minimum atomic E-state index is -0.207. The first-order valence-corrected chi connectivity index (χ1v) is 5.05. The zero-order chi connectivity index (χ0) is 9.26. The molecule has 0 radical (unpaired) electrons. The van der Waals surface area contributed by atoms with Crippen LogP contribution in [0.4, 0.5) is 0 Å². The summed E-state index contributed by atoms with van der Waals surface area (Å²) in [7, 11) is 0. The molecule has 0 fully saturated rings. The van der Waals surface area contributed by atoms with Crippen LogP contribution in [0.25, 0.3) is 0 Å². The largest absolute Gasteiger partial charge is 0.393 e. The molecule has 0 spiro atoms. The number of aryl methyl sites for hydroxylation is 1. The summed E-state index contributed by atoms with van der Waals surface area (Å²) in [4.78, 5) is 0. The zero-order valence-electron chi connectivity index (χ0n) is 8.03. The Labute approximate surface area is 79.4 Å². The van der Waals surface area contributed by atoms with Gasteiger partial charge in [0.25, 0.3) is 0 Å². The lowest BCUT2D eigenvalue weighted by Crippen LogP contribution is -2.19. The van der Waals surface area contributed by atoms with Crippen molar-refractivity contribution in [3.63, 3.8) is 0 Å². The van der Waals surface area contributed by atoms with Crippen LogP contribution in [-0.4, -0.2) is 11.2 Å². The monoisotopic (exact) mass is 176 g/mol. The molecule has 1 heteroatoms. The van der Waals surface area contributed by atoms with Crippen molar-refractivity contribution in [2.75, 3.05) is 0 Å². The summed E-state index contributed by atoms with van der Waals surface area (Å²) in [5, 5.41) is 9.62. The molecule has 1 aromatic rings. The van der Waals surface area contributed by atoms with Gasteiger partial charge in [0.15, 0.2) is 0 Å². The Bertz CT molecular complexity index is 291. The van der Waals surface area contributed by atoms with E-state index >= 15 is 0 Å². The minimum Gasteiger partial charge on any atom is -0.393 e. The second-order valence-corrected chi connectivity index (χ2v) is 3.94. The van der Waals surface area contributed by atoms with Crippen molar-refractivity contribution >= 4 is 0 Å². The van der Waals surface area contributed by atoms with Crippen LogP contribution in [0.5, 0.6) is 0 Å². The van der Waals surface area contributed by atoms with Gasteiger partial charge in [0.05, 0.1) is 6.10 Å². The second kappa shape index (κ2) is 3.51. The fourth-order valence-corrected chi connectivity index (χ4v) is 2.29. The highest BCUT2D eigenvalue weighted by Gasteiger charge is 2.22. The predicted molar refractivity (Wildman–Crippen MR) is 53.8 cm³/mol. The first kappa shape index (κ1) is 8.76. The number of aliphatic hydroxyl groups is 1. The fourth-order valence-electron chi connectivity index (χ4n) is 2.29. The second-order valence-electron chi connectivity index (χ2n) is 3.94. The van der Waals surface area contributed by atoms with E-state index in [0.29, 0.717) is 5.92 Å². The van der Waals surface area contributed by atoms with Crippen molar-refractivity contribution in [2.45, 2.75) is 38.2 Å². The first-order valence-electron chi connectivity index (χ1n) is 5.05. The Kier molecular flexibility index (Phi) is 2.36. The smallest absolute Gasteiger partial charge is 0.0580 e. The van der Waals surface area contributed by atoms with Gasteiger partial charge >= 0.3 is 0 Å². The summed E-state index contributed by atoms with van der Waals surface area (Å²) in [5.41, 5.74) is 2.79. The van der Waals surface area contributed by atoms with Gasteiger partial charge in [-0.05, 0) is 37.3 Å². The molecular weight excluding hydrogens is 160 g/mol. The molecule has 0 amide bonds. The molecule has 1 aromatic carbocycles. The van der Waals surface area contributed by atoms with Crippen molar-refractivity contribution in [2.24, 2.45) is 0 Å². The highest BCUT2D eigenvalue weighted by molar-refractivity contribution is 5.33. The maximum absolute atomic E-state index is 9.62. The first-order chi connectivity index (χ1) is 6.29. The van der Waals surface area contributed by atoms with Crippen molar-refractivity contribution in [3.05, 3.63) is 35.4 Å². The molecule has 2 atom stereocenters. The molecule has 70 valence electrons. The van der Waals surface area contributed by atoms with Crippen molar-refractivity contribution in [1.82, 2.24) is 0 Å². The third-order valence-electron chi connectivity index (χ3n) is 3.00. The molecule has 0 saturated carbocycles. The Hall–Kier alpha value is -0.820. The molecule has 0 saturated heterocycles. The van der Waals surface area contributed by atoms with E-state index in [9.17, 15) is 5.11 Å². The van der Waals surface area contributed by atoms with Crippen LogP contribution >= 0.6 is 0 Å². The highest BCUT2D eigenvalue weighted by atomic mass is 16.3. The summed E-state index contributed by atoms with van der Waals surface area (Å²) < 4.78 is 0. The van der Waals surface area contributed by atoms with E-state index in [-0.39, 0.29) is 6.10 Å². The summed E-state index contributed by atoms with van der Waals surface area (Å²) in [6.07, 6.45) is 3.32. The molecular formula is C12H16O. The van der Waals surface area contributed by atoms with Crippen LogP contribution in [-0.2, 0) is 6.42 Å². The Morgan fingerprint density at radius 3 is 2.92 bits per heavy atom. The van der Waals surface area contributed by atoms with E-state index in [2.05, 4.69) is 24.3 Å². The maximum atomic E-state index is 9.62. The lowest BCUT2D eigenvalue weighted by Gasteiger charge is -2.27. The minimum absolute atomic E-state index is 0.207. The van der Waals surface area contributed by atoms with Gasteiger partial charge in [-0.3, -0.25) is 0 Å². The van der Waals surface area contributed by atoms with Gasteiger partial charge in [-0.25, -0.2) is 0 Å². The maximum Gasteiger partial charge on any atom is 0.0580 e. The van der Waals surface area contributed by atoms with E-state index < -0.39 is 0 Å². The third-order valence-corrected chi connectivity index (χ3v) is 3.00. The summed E-state index contributed by atoms with van der Waals surface area (Å²) in [6, 6.07) is 8.50. The molecule has 0 bridgehead atoms. The molecule has 1 nitrogen and oxygen atoms in total. The van der Waals surface area contributed by atoms with Crippen molar-refractivity contribution in [1.29, 1.82) is 0 Å². The molecule has 1 aliphatic carbocycles. The number of fused-ring (bicyclic) bond motifs is 1. The average molecular weight is 176 g/mol. The lowest BCUT2D eigenvalue weighted by atomic mass is 9.80. The van der Waals surface area contributed by atoms with E-state index in [1.54, 1.807) is 0 Å². The number of rotatable bonds is 1. The molecule has 1 N–H and O–H groups in total. The van der Waals surface area contributed by atoms with E-state index in [1.807, 2.05) is 6.92 Å². The van der Waals surface area contributed by atoms with Gasteiger partial charge in [0.2, 0.25) is 0 Å². The SMILES string of the molecule is C[C@H](O)[C@@H]1CCCc2ccccc21. The molecule has 2 rings (SSSR count). The van der Waals surface area contributed by atoms with Gasteiger partial charge < -0.3 is 5.11 Å². The van der Waals surface area contributed by atoms with Gasteiger partial charge in [-0.15, -0.1) is 0 Å². The zero-order valence-corrected chi connectivity index (χ0v) is 8.03. The summed E-state index contributed by atoms with van der Waals surface area (Å²) >= 11 is 0.